The van der Waals surface area contributed by atoms with Crippen LogP contribution in [0.3, 0.4) is 0 Å². The molecule has 0 aliphatic rings. The van der Waals surface area contributed by atoms with Crippen molar-refractivity contribution >= 4 is 27.5 Å². The maximum atomic E-state index is 14.0. The Morgan fingerprint density at radius 2 is 1.54 bits per heavy atom. The highest BCUT2D eigenvalue weighted by Crippen LogP contribution is 2.23. The quantitative estimate of drug-likeness (QED) is 0.347. The van der Waals surface area contributed by atoms with E-state index in [2.05, 4.69) is 5.32 Å². The van der Waals surface area contributed by atoms with E-state index in [1.54, 1.807) is 24.3 Å². The number of carbonyl (C=O) groups excluding carboxylic acids is 2. The number of benzene rings is 3. The fourth-order valence-electron chi connectivity index (χ4n) is 4.23. The molecule has 0 spiro atoms. The van der Waals surface area contributed by atoms with Crippen LogP contribution >= 0.6 is 0 Å². The van der Waals surface area contributed by atoms with Gasteiger partial charge in [-0.15, -0.1) is 0 Å². The third-order valence-corrected chi connectivity index (χ3v) is 7.35. The van der Waals surface area contributed by atoms with Crippen LogP contribution in [0.5, 0.6) is 5.75 Å². The number of hydrogen-bond donors (Lipinski definition) is 1. The summed E-state index contributed by atoms with van der Waals surface area (Å²) in [7, 11) is -3.82. The molecule has 9 heteroatoms. The van der Waals surface area contributed by atoms with Gasteiger partial charge in [-0.1, -0.05) is 60.2 Å². The van der Waals surface area contributed by atoms with Crippen molar-refractivity contribution in [3.8, 4) is 5.75 Å². The molecule has 2 amide bonds. The number of nitrogens with zero attached hydrogens (tertiary/aromatic N) is 2. The SMILES string of the molecule is CCNC(=O)[C@H](Cc1ccccc1)N(Cc1ccc(C)cc1)C(=O)CN(c1ccc(OCC)cc1)S(C)(=O)=O. The van der Waals surface area contributed by atoms with Crippen molar-refractivity contribution in [1.29, 1.82) is 0 Å². The minimum absolute atomic E-state index is 0.147. The highest BCUT2D eigenvalue weighted by molar-refractivity contribution is 7.92. The van der Waals surface area contributed by atoms with E-state index >= 15 is 0 Å². The molecule has 0 saturated carbocycles. The summed E-state index contributed by atoms with van der Waals surface area (Å²) in [6, 6.07) is 22.9. The number of amides is 2. The van der Waals surface area contributed by atoms with Crippen molar-refractivity contribution in [3.63, 3.8) is 0 Å². The molecular weight excluding hydrogens is 514 g/mol. The predicted octanol–water partition coefficient (Wildman–Crippen LogP) is 3.94. The number of carbonyl (C=O) groups is 2. The van der Waals surface area contributed by atoms with Crippen molar-refractivity contribution in [2.45, 2.75) is 39.8 Å². The van der Waals surface area contributed by atoms with Gasteiger partial charge in [-0.3, -0.25) is 13.9 Å². The van der Waals surface area contributed by atoms with Crippen LogP contribution in [-0.4, -0.2) is 57.1 Å². The van der Waals surface area contributed by atoms with Crippen molar-refractivity contribution in [2.24, 2.45) is 0 Å². The van der Waals surface area contributed by atoms with E-state index in [0.717, 1.165) is 27.3 Å². The second-order valence-corrected chi connectivity index (χ2v) is 11.2. The monoisotopic (exact) mass is 551 g/mol. The number of rotatable bonds is 13. The lowest BCUT2D eigenvalue weighted by atomic mass is 10.0. The van der Waals surface area contributed by atoms with Gasteiger partial charge in [0.15, 0.2) is 0 Å². The van der Waals surface area contributed by atoms with E-state index in [1.165, 1.54) is 4.90 Å². The van der Waals surface area contributed by atoms with Gasteiger partial charge in [0, 0.05) is 19.5 Å². The molecule has 1 N–H and O–H groups in total. The zero-order valence-electron chi connectivity index (χ0n) is 23.0. The second kappa shape index (κ2) is 13.8. The first-order chi connectivity index (χ1) is 18.6. The van der Waals surface area contributed by atoms with Gasteiger partial charge in [-0.05, 0) is 56.2 Å². The zero-order valence-corrected chi connectivity index (χ0v) is 23.8. The fourth-order valence-corrected chi connectivity index (χ4v) is 5.07. The van der Waals surface area contributed by atoms with Crippen LogP contribution in [0.1, 0.15) is 30.5 Å². The van der Waals surface area contributed by atoms with Gasteiger partial charge in [0.1, 0.15) is 18.3 Å². The van der Waals surface area contributed by atoms with Crippen LogP contribution in [-0.2, 0) is 32.6 Å². The van der Waals surface area contributed by atoms with Gasteiger partial charge in [-0.25, -0.2) is 8.42 Å². The van der Waals surface area contributed by atoms with Gasteiger partial charge in [-0.2, -0.15) is 0 Å². The van der Waals surface area contributed by atoms with Crippen LogP contribution in [0.2, 0.25) is 0 Å². The van der Waals surface area contributed by atoms with Gasteiger partial charge in [0.25, 0.3) is 0 Å². The summed E-state index contributed by atoms with van der Waals surface area (Å²) in [5.41, 5.74) is 3.13. The maximum absolute atomic E-state index is 14.0. The van der Waals surface area contributed by atoms with Crippen molar-refractivity contribution in [1.82, 2.24) is 10.2 Å². The van der Waals surface area contributed by atoms with Gasteiger partial charge in [0.2, 0.25) is 21.8 Å². The van der Waals surface area contributed by atoms with Crippen LogP contribution in [0.15, 0.2) is 78.9 Å². The first-order valence-corrected chi connectivity index (χ1v) is 14.8. The first-order valence-electron chi connectivity index (χ1n) is 13.0. The Morgan fingerprint density at radius 1 is 0.897 bits per heavy atom. The molecule has 0 aliphatic heterocycles. The minimum Gasteiger partial charge on any atom is -0.494 e. The molecule has 3 aromatic rings. The molecular formula is C30H37N3O5S. The topological polar surface area (TPSA) is 96.0 Å². The van der Waals surface area contributed by atoms with E-state index in [-0.39, 0.29) is 18.9 Å². The molecule has 208 valence electrons. The standard InChI is InChI=1S/C30H37N3O5S/c1-5-31-30(35)28(20-24-10-8-7-9-11-24)32(21-25-14-12-23(3)13-15-25)29(34)22-33(39(4,36)37)26-16-18-27(19-17-26)38-6-2/h7-19,28H,5-6,20-22H2,1-4H3,(H,31,35)/t28-/m0/s1. The summed E-state index contributed by atoms with van der Waals surface area (Å²) in [6.45, 7) is 6.22. The Kier molecular flexibility index (Phi) is 10.5. The average molecular weight is 552 g/mol. The Hall–Kier alpha value is -3.85. The molecule has 39 heavy (non-hydrogen) atoms. The van der Waals surface area contributed by atoms with E-state index in [0.29, 0.717) is 24.6 Å². The average Bonchev–Trinajstić information content (AvgIpc) is 2.91. The van der Waals surface area contributed by atoms with E-state index in [1.807, 2.05) is 75.4 Å². The fraction of sp³-hybridized carbons (Fsp3) is 0.333. The molecule has 0 aliphatic carbocycles. The number of sulfonamides is 1. The smallest absolute Gasteiger partial charge is 0.244 e. The number of aryl methyl sites for hydroxylation is 1. The summed E-state index contributed by atoms with van der Waals surface area (Å²) in [6.07, 6.45) is 1.35. The van der Waals surface area contributed by atoms with Crippen LogP contribution in [0, 0.1) is 6.92 Å². The normalized spacial score (nSPS) is 11.9. The Bertz CT molecular complexity index is 1330. The highest BCUT2D eigenvalue weighted by atomic mass is 32.2. The molecule has 8 nitrogen and oxygen atoms in total. The Balaban J connectivity index is 2.00. The number of anilines is 1. The first kappa shape index (κ1) is 29.7. The third-order valence-electron chi connectivity index (χ3n) is 6.21. The highest BCUT2D eigenvalue weighted by Gasteiger charge is 2.32. The zero-order chi connectivity index (χ0) is 28.4. The molecule has 0 aromatic heterocycles. The Morgan fingerprint density at radius 3 is 2.10 bits per heavy atom. The van der Waals surface area contributed by atoms with E-state index in [4.69, 9.17) is 4.74 Å². The number of nitrogens with one attached hydrogen (secondary N) is 1. The van der Waals surface area contributed by atoms with Crippen LogP contribution in [0.4, 0.5) is 5.69 Å². The van der Waals surface area contributed by atoms with E-state index in [9.17, 15) is 18.0 Å². The third kappa shape index (κ3) is 8.58. The lowest BCUT2D eigenvalue weighted by Crippen LogP contribution is -2.53. The summed E-state index contributed by atoms with van der Waals surface area (Å²) in [5.74, 6) is -0.183. The molecule has 1 atom stereocenters. The lowest BCUT2D eigenvalue weighted by molar-refractivity contribution is -0.140. The van der Waals surface area contributed by atoms with Gasteiger partial charge >= 0.3 is 0 Å². The largest absolute Gasteiger partial charge is 0.494 e. The lowest BCUT2D eigenvalue weighted by Gasteiger charge is -2.33. The van der Waals surface area contributed by atoms with Gasteiger partial charge in [0.05, 0.1) is 18.6 Å². The van der Waals surface area contributed by atoms with Crippen LogP contribution < -0.4 is 14.4 Å². The second-order valence-electron chi connectivity index (χ2n) is 9.30. The summed E-state index contributed by atoms with van der Waals surface area (Å²) in [5, 5.41) is 2.85. The molecule has 3 aromatic carbocycles. The summed E-state index contributed by atoms with van der Waals surface area (Å²) < 4.78 is 32.2. The number of ether oxygens (including phenoxy) is 1. The van der Waals surface area contributed by atoms with Crippen molar-refractivity contribution in [3.05, 3.63) is 95.6 Å². The van der Waals surface area contributed by atoms with Gasteiger partial charge < -0.3 is 15.0 Å². The molecule has 3 rings (SSSR count). The molecule has 0 bridgehead atoms. The molecule has 0 saturated heterocycles. The summed E-state index contributed by atoms with van der Waals surface area (Å²) >= 11 is 0. The summed E-state index contributed by atoms with van der Waals surface area (Å²) in [4.78, 5) is 28.8. The molecule has 0 radical (unpaired) electrons. The number of hydrogen-bond acceptors (Lipinski definition) is 5. The number of likely N-dealkylation sites (N-methyl/N-ethyl adjacent to an activating group) is 1. The van der Waals surface area contributed by atoms with E-state index < -0.39 is 28.5 Å². The Labute approximate surface area is 231 Å². The van der Waals surface area contributed by atoms with Crippen LogP contribution in [0.25, 0.3) is 0 Å². The predicted molar refractivity (Wildman–Crippen MR) is 154 cm³/mol. The molecule has 0 heterocycles. The maximum Gasteiger partial charge on any atom is 0.244 e. The minimum atomic E-state index is -3.82. The molecule has 0 fully saturated rings. The van der Waals surface area contributed by atoms with Crippen molar-refractivity contribution < 1.29 is 22.7 Å². The van der Waals surface area contributed by atoms with Crippen molar-refractivity contribution in [2.75, 3.05) is 30.3 Å². The molecule has 0 unspecified atom stereocenters.